The fraction of sp³-hybridized carbons (Fsp3) is 0.385. The molecule has 0 saturated carbocycles. The van der Waals surface area contributed by atoms with Gasteiger partial charge in [0.25, 0.3) is 0 Å². The molecule has 1 amide bonds. The Morgan fingerprint density at radius 3 is 2.53 bits per heavy atom. The topological polar surface area (TPSA) is 75.6 Å². The molecule has 19 heavy (non-hydrogen) atoms. The minimum atomic E-state index is -0.852. The maximum Gasteiger partial charge on any atom is 0.304 e. The summed E-state index contributed by atoms with van der Waals surface area (Å²) in [6.07, 6.45) is 0.0603. The van der Waals surface area contributed by atoms with Crippen LogP contribution >= 0.6 is 11.8 Å². The van der Waals surface area contributed by atoms with Gasteiger partial charge in [0.15, 0.2) is 0 Å². The summed E-state index contributed by atoms with van der Waals surface area (Å²) in [5.41, 5.74) is 0.691. The van der Waals surface area contributed by atoms with Gasteiger partial charge >= 0.3 is 5.97 Å². The fourth-order valence-electron chi connectivity index (χ4n) is 1.32. The summed E-state index contributed by atoms with van der Waals surface area (Å²) in [5, 5.41) is 11.0. The molecular formula is C13H17NO4S. The Balaban J connectivity index is 2.42. The Bertz CT molecular complexity index is 433. The molecule has 0 saturated heterocycles. The molecule has 1 atom stereocenters. The molecule has 0 fully saturated rings. The molecule has 2 N–H and O–H groups in total. The van der Waals surface area contributed by atoms with Crippen LogP contribution in [0.25, 0.3) is 0 Å². The normalized spacial score (nSPS) is 11.7. The van der Waals surface area contributed by atoms with E-state index in [9.17, 15) is 9.59 Å². The van der Waals surface area contributed by atoms with Crippen molar-refractivity contribution < 1.29 is 19.4 Å². The van der Waals surface area contributed by atoms with Crippen molar-refractivity contribution in [3.05, 3.63) is 24.3 Å². The van der Waals surface area contributed by atoms with E-state index in [2.05, 4.69) is 5.32 Å². The highest BCUT2D eigenvalue weighted by Crippen LogP contribution is 2.17. The summed E-state index contributed by atoms with van der Waals surface area (Å²) in [6.45, 7) is 1.76. The van der Waals surface area contributed by atoms with Crippen LogP contribution in [0.15, 0.2) is 24.3 Å². The molecule has 0 aliphatic carbocycles. The van der Waals surface area contributed by atoms with Gasteiger partial charge in [-0.3, -0.25) is 9.59 Å². The summed E-state index contributed by atoms with van der Waals surface area (Å²) < 4.78 is 5.02. The average Bonchev–Trinajstić information content (AvgIpc) is 2.39. The van der Waals surface area contributed by atoms with Gasteiger partial charge in [-0.2, -0.15) is 0 Å². The van der Waals surface area contributed by atoms with E-state index in [4.69, 9.17) is 9.84 Å². The van der Waals surface area contributed by atoms with E-state index in [1.54, 1.807) is 38.3 Å². The number of carbonyl (C=O) groups is 2. The molecule has 1 rings (SSSR count). The smallest absolute Gasteiger partial charge is 0.304 e. The number of hydrogen-bond donors (Lipinski definition) is 2. The van der Waals surface area contributed by atoms with Gasteiger partial charge in [0.05, 0.1) is 18.8 Å². The lowest BCUT2D eigenvalue weighted by Crippen LogP contribution is -2.23. The summed E-state index contributed by atoms with van der Waals surface area (Å²) >= 11 is 1.32. The van der Waals surface area contributed by atoms with Gasteiger partial charge in [-0.05, 0) is 31.2 Å². The monoisotopic (exact) mass is 283 g/mol. The van der Waals surface area contributed by atoms with Gasteiger partial charge in [0.2, 0.25) is 5.91 Å². The van der Waals surface area contributed by atoms with E-state index in [-0.39, 0.29) is 17.6 Å². The van der Waals surface area contributed by atoms with Crippen molar-refractivity contribution in [2.75, 3.05) is 18.2 Å². The molecule has 0 radical (unpaired) electrons. The van der Waals surface area contributed by atoms with Crippen LogP contribution < -0.4 is 10.1 Å². The van der Waals surface area contributed by atoms with Crippen LogP contribution in [-0.4, -0.2) is 35.1 Å². The quantitative estimate of drug-likeness (QED) is 0.802. The maximum atomic E-state index is 11.8. The van der Waals surface area contributed by atoms with Crippen LogP contribution in [0.2, 0.25) is 0 Å². The number of rotatable bonds is 7. The van der Waals surface area contributed by atoms with Crippen molar-refractivity contribution in [3.63, 3.8) is 0 Å². The van der Waals surface area contributed by atoms with Crippen molar-refractivity contribution in [2.24, 2.45) is 0 Å². The Kier molecular flexibility index (Phi) is 6.21. The first-order chi connectivity index (χ1) is 9.02. The Morgan fingerprint density at radius 2 is 2.00 bits per heavy atom. The van der Waals surface area contributed by atoms with Crippen LogP contribution in [0.1, 0.15) is 13.3 Å². The number of hydrogen-bond acceptors (Lipinski definition) is 4. The highest BCUT2D eigenvalue weighted by molar-refractivity contribution is 8.00. The molecule has 0 heterocycles. The molecule has 1 unspecified atom stereocenters. The standard InChI is InChI=1S/C13H17NO4S/c1-9(19-8-7-12(15)16)13(17)14-10-3-5-11(18-2)6-4-10/h3-6,9H,7-8H2,1-2H3,(H,14,17)(H,15,16). The third-order valence-electron chi connectivity index (χ3n) is 2.41. The second kappa shape index (κ2) is 7.68. The van der Waals surface area contributed by atoms with Gasteiger partial charge in [-0.25, -0.2) is 0 Å². The van der Waals surface area contributed by atoms with Crippen molar-refractivity contribution >= 4 is 29.3 Å². The molecule has 0 aliphatic rings. The van der Waals surface area contributed by atoms with E-state index >= 15 is 0 Å². The number of carboxylic acid groups (broad SMARTS) is 1. The van der Waals surface area contributed by atoms with Crippen molar-refractivity contribution in [2.45, 2.75) is 18.6 Å². The zero-order chi connectivity index (χ0) is 14.3. The van der Waals surface area contributed by atoms with Crippen molar-refractivity contribution in [1.29, 1.82) is 0 Å². The van der Waals surface area contributed by atoms with Gasteiger partial charge in [0, 0.05) is 11.4 Å². The van der Waals surface area contributed by atoms with Crippen molar-refractivity contribution in [1.82, 2.24) is 0 Å². The molecule has 0 bridgehead atoms. The minimum absolute atomic E-state index is 0.0603. The number of amides is 1. The van der Waals surface area contributed by atoms with E-state index in [0.717, 1.165) is 5.75 Å². The summed E-state index contributed by atoms with van der Waals surface area (Å²) in [5.74, 6) is 0.157. The number of nitrogens with one attached hydrogen (secondary N) is 1. The number of anilines is 1. The zero-order valence-corrected chi connectivity index (χ0v) is 11.7. The van der Waals surface area contributed by atoms with Gasteiger partial charge in [-0.1, -0.05) is 0 Å². The van der Waals surface area contributed by atoms with Crippen LogP contribution in [0.4, 0.5) is 5.69 Å². The molecule has 0 aromatic heterocycles. The number of carboxylic acids is 1. The largest absolute Gasteiger partial charge is 0.497 e. The van der Waals surface area contributed by atoms with Crippen molar-refractivity contribution in [3.8, 4) is 5.75 Å². The van der Waals surface area contributed by atoms with E-state index in [1.807, 2.05) is 0 Å². The molecule has 1 aromatic carbocycles. The third-order valence-corrected chi connectivity index (χ3v) is 3.56. The molecule has 6 heteroatoms. The van der Waals surface area contributed by atoms with Gasteiger partial charge in [-0.15, -0.1) is 11.8 Å². The highest BCUT2D eigenvalue weighted by atomic mass is 32.2. The third kappa shape index (κ3) is 5.65. The first-order valence-electron chi connectivity index (χ1n) is 5.81. The predicted octanol–water partition coefficient (Wildman–Crippen LogP) is 2.23. The van der Waals surface area contributed by atoms with Crippen LogP contribution in [-0.2, 0) is 9.59 Å². The lowest BCUT2D eigenvalue weighted by Gasteiger charge is -2.11. The van der Waals surface area contributed by atoms with E-state index < -0.39 is 5.97 Å². The second-order valence-electron chi connectivity index (χ2n) is 3.87. The molecule has 5 nitrogen and oxygen atoms in total. The molecule has 0 spiro atoms. The number of benzene rings is 1. The minimum Gasteiger partial charge on any atom is -0.497 e. The first-order valence-corrected chi connectivity index (χ1v) is 6.86. The van der Waals surface area contributed by atoms with Gasteiger partial charge < -0.3 is 15.2 Å². The average molecular weight is 283 g/mol. The number of ether oxygens (including phenoxy) is 1. The van der Waals surface area contributed by atoms with Gasteiger partial charge in [0.1, 0.15) is 5.75 Å². The highest BCUT2D eigenvalue weighted by Gasteiger charge is 2.13. The predicted molar refractivity (Wildman–Crippen MR) is 75.8 cm³/mol. The molecule has 1 aromatic rings. The maximum absolute atomic E-state index is 11.8. The fourth-order valence-corrected chi connectivity index (χ4v) is 2.17. The summed E-state index contributed by atoms with van der Waals surface area (Å²) in [7, 11) is 1.58. The first kappa shape index (κ1) is 15.4. The van der Waals surface area contributed by atoms with E-state index in [1.165, 1.54) is 11.8 Å². The van der Waals surface area contributed by atoms with Crippen LogP contribution in [0.5, 0.6) is 5.75 Å². The van der Waals surface area contributed by atoms with Crippen LogP contribution in [0.3, 0.4) is 0 Å². The number of methoxy groups -OCH3 is 1. The molecule has 104 valence electrons. The van der Waals surface area contributed by atoms with E-state index in [0.29, 0.717) is 11.4 Å². The lowest BCUT2D eigenvalue weighted by atomic mass is 10.3. The summed E-state index contributed by atoms with van der Waals surface area (Å²) in [6, 6.07) is 7.03. The lowest BCUT2D eigenvalue weighted by molar-refractivity contribution is -0.136. The Morgan fingerprint density at radius 1 is 1.37 bits per heavy atom. The molecule has 0 aliphatic heterocycles. The number of aliphatic carboxylic acids is 1. The molecular weight excluding hydrogens is 266 g/mol. The SMILES string of the molecule is COc1ccc(NC(=O)C(C)SCCC(=O)O)cc1. The zero-order valence-electron chi connectivity index (χ0n) is 10.9. The second-order valence-corrected chi connectivity index (χ2v) is 5.32. The Labute approximate surface area is 116 Å². The summed E-state index contributed by atoms with van der Waals surface area (Å²) in [4.78, 5) is 22.2. The van der Waals surface area contributed by atoms with Crippen LogP contribution in [0, 0.1) is 0 Å². The Hall–Kier alpha value is -1.69. The number of thioether (sulfide) groups is 1. The number of carbonyl (C=O) groups excluding carboxylic acids is 1.